The van der Waals surface area contributed by atoms with E-state index < -0.39 is 0 Å². The van der Waals surface area contributed by atoms with E-state index in [1.807, 2.05) is 0 Å². The topological polar surface area (TPSA) is 41.1 Å². The van der Waals surface area contributed by atoms with E-state index in [-0.39, 0.29) is 12.4 Å². The van der Waals surface area contributed by atoms with E-state index in [1.54, 1.807) is 0 Å². The van der Waals surface area contributed by atoms with Crippen LogP contribution in [0.15, 0.2) is 0 Å². The Bertz CT molecular complexity index is 302. The molecule has 4 atom stereocenters. The minimum Gasteiger partial charge on any atom is -0.352 e. The molecular weight excluding hydrogens is 224 g/mol. The summed E-state index contributed by atoms with van der Waals surface area (Å²) in [4.78, 5) is 12.0. The number of piperidine rings is 1. The summed E-state index contributed by atoms with van der Waals surface area (Å²) >= 11 is 0. The molecule has 16 heavy (non-hydrogen) atoms. The van der Waals surface area contributed by atoms with Crippen LogP contribution in [-0.2, 0) is 4.79 Å². The van der Waals surface area contributed by atoms with Crippen molar-refractivity contribution in [2.24, 2.45) is 29.6 Å². The lowest BCUT2D eigenvalue weighted by molar-refractivity contribution is -0.123. The van der Waals surface area contributed by atoms with Crippen molar-refractivity contribution in [2.45, 2.75) is 25.3 Å². The van der Waals surface area contributed by atoms with Crippen LogP contribution in [0.1, 0.15) is 19.3 Å². The Hall–Kier alpha value is -0.280. The van der Waals surface area contributed by atoms with Crippen LogP contribution in [0.5, 0.6) is 0 Å². The molecule has 1 saturated heterocycles. The lowest BCUT2D eigenvalue weighted by Crippen LogP contribution is -2.34. The molecule has 90 valence electrons. The third-order valence-electron chi connectivity index (χ3n) is 5.11. The minimum absolute atomic E-state index is 0. The molecular formula is C12H19ClN2O. The lowest BCUT2D eigenvalue weighted by atomic mass is 10.1. The summed E-state index contributed by atoms with van der Waals surface area (Å²) in [7, 11) is 0. The first kappa shape index (κ1) is 10.8. The number of rotatable bonds is 2. The van der Waals surface area contributed by atoms with E-state index in [2.05, 4.69) is 10.6 Å². The Labute approximate surface area is 102 Å². The number of carbonyl (C=O) groups excluding carboxylic acids is 1. The monoisotopic (exact) mass is 242 g/mol. The quantitative estimate of drug-likeness (QED) is 0.752. The second kappa shape index (κ2) is 3.61. The zero-order chi connectivity index (χ0) is 9.99. The molecule has 0 spiro atoms. The normalized spacial score (nSPS) is 51.2. The van der Waals surface area contributed by atoms with Gasteiger partial charge in [0.05, 0.1) is 0 Å². The fourth-order valence-corrected chi connectivity index (χ4v) is 4.10. The van der Waals surface area contributed by atoms with Gasteiger partial charge in [-0.05, 0) is 36.5 Å². The van der Waals surface area contributed by atoms with Crippen molar-refractivity contribution in [1.29, 1.82) is 0 Å². The Kier molecular flexibility index (Phi) is 2.44. The van der Waals surface area contributed by atoms with Crippen molar-refractivity contribution in [2.75, 3.05) is 13.1 Å². The Balaban J connectivity index is 0.000000810. The van der Waals surface area contributed by atoms with Crippen LogP contribution in [0.2, 0.25) is 0 Å². The molecule has 4 aliphatic rings. The number of amides is 1. The van der Waals surface area contributed by atoms with E-state index in [9.17, 15) is 4.79 Å². The van der Waals surface area contributed by atoms with Gasteiger partial charge < -0.3 is 10.6 Å². The van der Waals surface area contributed by atoms with Gasteiger partial charge in [-0.3, -0.25) is 4.79 Å². The van der Waals surface area contributed by atoms with Gasteiger partial charge in [0, 0.05) is 25.0 Å². The maximum Gasteiger partial charge on any atom is 0.223 e. The average Bonchev–Trinajstić information content (AvgIpc) is 2.92. The Morgan fingerprint density at radius 3 is 2.31 bits per heavy atom. The third-order valence-corrected chi connectivity index (χ3v) is 5.11. The van der Waals surface area contributed by atoms with Gasteiger partial charge in [0.25, 0.3) is 0 Å². The van der Waals surface area contributed by atoms with E-state index in [0.717, 1.165) is 36.8 Å². The van der Waals surface area contributed by atoms with Gasteiger partial charge in [-0.2, -0.15) is 0 Å². The van der Waals surface area contributed by atoms with Crippen LogP contribution in [0.4, 0.5) is 0 Å². The molecule has 0 bridgehead atoms. The van der Waals surface area contributed by atoms with Crippen LogP contribution in [0.25, 0.3) is 0 Å². The van der Waals surface area contributed by atoms with Crippen molar-refractivity contribution in [3.8, 4) is 0 Å². The summed E-state index contributed by atoms with van der Waals surface area (Å²) in [5.41, 5.74) is 0. The zero-order valence-corrected chi connectivity index (χ0v) is 10.1. The molecule has 3 saturated carbocycles. The lowest BCUT2D eigenvalue weighted by Gasteiger charge is -2.08. The van der Waals surface area contributed by atoms with Gasteiger partial charge in [0.2, 0.25) is 5.91 Å². The van der Waals surface area contributed by atoms with Crippen LogP contribution in [-0.4, -0.2) is 25.0 Å². The van der Waals surface area contributed by atoms with E-state index >= 15 is 0 Å². The fourth-order valence-electron chi connectivity index (χ4n) is 4.10. The molecule has 4 fully saturated rings. The highest BCUT2D eigenvalue weighted by atomic mass is 35.5. The number of halogens is 1. The Morgan fingerprint density at radius 2 is 1.69 bits per heavy atom. The predicted molar refractivity (Wildman–Crippen MR) is 63.3 cm³/mol. The molecule has 3 nitrogen and oxygen atoms in total. The van der Waals surface area contributed by atoms with Crippen molar-refractivity contribution < 1.29 is 4.79 Å². The van der Waals surface area contributed by atoms with Gasteiger partial charge in [0.15, 0.2) is 0 Å². The van der Waals surface area contributed by atoms with Gasteiger partial charge >= 0.3 is 0 Å². The van der Waals surface area contributed by atoms with Gasteiger partial charge in [-0.1, -0.05) is 6.42 Å². The SMILES string of the molecule is Cl.O=C(NC1C2CNCC21)C1C2CCCC21. The summed E-state index contributed by atoms with van der Waals surface area (Å²) < 4.78 is 0. The van der Waals surface area contributed by atoms with Crippen LogP contribution >= 0.6 is 12.4 Å². The number of carbonyl (C=O) groups is 1. The van der Waals surface area contributed by atoms with Crippen LogP contribution in [0, 0.1) is 29.6 Å². The van der Waals surface area contributed by atoms with E-state index in [1.165, 1.54) is 19.3 Å². The highest BCUT2D eigenvalue weighted by molar-refractivity contribution is 5.85. The molecule has 0 aromatic carbocycles. The average molecular weight is 243 g/mol. The standard InChI is InChI=1S/C12H18N2O.ClH/c15-12(10-6-2-1-3-7(6)10)14-11-8-4-13-5-9(8)11;/h6-11,13H,1-5H2,(H,14,15);1H. The molecule has 4 unspecified atom stereocenters. The molecule has 4 heteroatoms. The van der Waals surface area contributed by atoms with Crippen LogP contribution < -0.4 is 10.6 Å². The van der Waals surface area contributed by atoms with Crippen molar-refractivity contribution in [3.05, 3.63) is 0 Å². The Morgan fingerprint density at radius 1 is 1.06 bits per heavy atom. The smallest absolute Gasteiger partial charge is 0.223 e. The highest BCUT2D eigenvalue weighted by Gasteiger charge is 2.59. The van der Waals surface area contributed by atoms with Gasteiger partial charge in [-0.15, -0.1) is 12.4 Å². The van der Waals surface area contributed by atoms with Gasteiger partial charge in [-0.25, -0.2) is 0 Å². The first-order valence-electron chi connectivity index (χ1n) is 6.37. The second-order valence-corrected chi connectivity index (χ2v) is 5.80. The first-order valence-corrected chi connectivity index (χ1v) is 6.37. The summed E-state index contributed by atoms with van der Waals surface area (Å²) in [6.45, 7) is 2.24. The molecule has 0 aromatic heterocycles. The number of fused-ring (bicyclic) bond motifs is 2. The summed E-state index contributed by atoms with van der Waals surface area (Å²) in [5, 5.41) is 6.63. The molecule has 1 heterocycles. The zero-order valence-electron chi connectivity index (χ0n) is 9.32. The van der Waals surface area contributed by atoms with Crippen molar-refractivity contribution in [3.63, 3.8) is 0 Å². The molecule has 3 aliphatic carbocycles. The maximum absolute atomic E-state index is 12.0. The van der Waals surface area contributed by atoms with E-state index in [0.29, 0.717) is 17.9 Å². The first-order chi connectivity index (χ1) is 7.36. The number of hydrogen-bond acceptors (Lipinski definition) is 2. The molecule has 1 aliphatic heterocycles. The van der Waals surface area contributed by atoms with Crippen molar-refractivity contribution in [1.82, 2.24) is 10.6 Å². The molecule has 4 rings (SSSR count). The molecule has 0 aromatic rings. The predicted octanol–water partition coefficient (Wildman–Crippen LogP) is 0.788. The van der Waals surface area contributed by atoms with Gasteiger partial charge in [0.1, 0.15) is 0 Å². The molecule has 0 radical (unpaired) electrons. The number of nitrogens with one attached hydrogen (secondary N) is 2. The van der Waals surface area contributed by atoms with Crippen molar-refractivity contribution >= 4 is 18.3 Å². The third kappa shape index (κ3) is 1.41. The highest BCUT2D eigenvalue weighted by Crippen LogP contribution is 2.57. The van der Waals surface area contributed by atoms with E-state index in [4.69, 9.17) is 0 Å². The van der Waals surface area contributed by atoms with Crippen LogP contribution in [0.3, 0.4) is 0 Å². The minimum atomic E-state index is 0. The summed E-state index contributed by atoms with van der Waals surface area (Å²) in [6.07, 6.45) is 3.97. The summed E-state index contributed by atoms with van der Waals surface area (Å²) in [6, 6.07) is 0.528. The molecule has 1 amide bonds. The largest absolute Gasteiger partial charge is 0.352 e. The fraction of sp³-hybridized carbons (Fsp3) is 0.917. The maximum atomic E-state index is 12.0. The second-order valence-electron chi connectivity index (χ2n) is 5.80. The number of hydrogen-bond donors (Lipinski definition) is 2. The summed E-state index contributed by atoms with van der Waals surface area (Å²) in [5.74, 6) is 3.83. The molecule has 2 N–H and O–H groups in total.